The molecule has 8 nitrogen and oxygen atoms in total. The number of likely N-dealkylation sites (tertiary alicyclic amines) is 1. The van der Waals surface area contributed by atoms with E-state index in [9.17, 15) is 4.79 Å². The summed E-state index contributed by atoms with van der Waals surface area (Å²) in [7, 11) is 0. The van der Waals surface area contributed by atoms with Crippen molar-refractivity contribution in [2.75, 3.05) is 31.6 Å². The fourth-order valence-corrected chi connectivity index (χ4v) is 3.99. The molecular formula is C20H30N6O2. The Morgan fingerprint density at radius 2 is 2.18 bits per heavy atom. The van der Waals surface area contributed by atoms with Crippen molar-refractivity contribution in [3.05, 3.63) is 29.7 Å². The first-order chi connectivity index (χ1) is 13.6. The van der Waals surface area contributed by atoms with Gasteiger partial charge in [0.1, 0.15) is 5.82 Å². The van der Waals surface area contributed by atoms with Crippen molar-refractivity contribution in [2.24, 2.45) is 5.92 Å². The molecule has 8 heteroatoms. The summed E-state index contributed by atoms with van der Waals surface area (Å²) in [6, 6.07) is 4.37. The summed E-state index contributed by atoms with van der Waals surface area (Å²) < 4.78 is 7.31. The van der Waals surface area contributed by atoms with Gasteiger partial charge in [0.25, 0.3) is 0 Å². The van der Waals surface area contributed by atoms with E-state index < -0.39 is 0 Å². The van der Waals surface area contributed by atoms with Crippen LogP contribution in [-0.2, 0) is 16.1 Å². The van der Waals surface area contributed by atoms with E-state index in [0.717, 1.165) is 50.4 Å². The molecule has 2 saturated heterocycles. The number of nitrogens with zero attached hydrogens (tertiary/aromatic N) is 4. The number of ether oxygens (including phenoxy) is 1. The molecular weight excluding hydrogens is 356 g/mol. The van der Waals surface area contributed by atoms with Crippen LogP contribution >= 0.6 is 0 Å². The summed E-state index contributed by atoms with van der Waals surface area (Å²) >= 11 is 0. The lowest BCUT2D eigenvalue weighted by Gasteiger charge is -2.32. The highest BCUT2D eigenvalue weighted by atomic mass is 16.5. The van der Waals surface area contributed by atoms with Crippen molar-refractivity contribution < 1.29 is 9.53 Å². The molecule has 2 N–H and O–H groups in total. The zero-order chi connectivity index (χ0) is 19.5. The number of H-pyrrole nitrogens is 1. The van der Waals surface area contributed by atoms with E-state index in [-0.39, 0.29) is 11.8 Å². The van der Waals surface area contributed by atoms with Crippen LogP contribution in [0.15, 0.2) is 18.3 Å². The number of amides is 1. The van der Waals surface area contributed by atoms with Gasteiger partial charge in [-0.2, -0.15) is 10.2 Å². The predicted octanol–water partition coefficient (Wildman–Crippen LogP) is 2.54. The SMILES string of the molecule is CC(C)c1cc(CN2CCC(n3nccc3NC(=O)[C@H]3CCOC3)CC2)[nH]n1. The summed E-state index contributed by atoms with van der Waals surface area (Å²) in [5.74, 6) is 1.23. The first-order valence-corrected chi connectivity index (χ1v) is 10.3. The zero-order valence-electron chi connectivity index (χ0n) is 16.7. The topological polar surface area (TPSA) is 88.1 Å². The minimum absolute atomic E-state index is 0.0388. The van der Waals surface area contributed by atoms with Gasteiger partial charge in [-0.3, -0.25) is 14.8 Å². The lowest BCUT2D eigenvalue weighted by Crippen LogP contribution is -2.35. The zero-order valence-corrected chi connectivity index (χ0v) is 16.7. The molecule has 4 rings (SSSR count). The van der Waals surface area contributed by atoms with E-state index in [1.807, 2.05) is 10.7 Å². The van der Waals surface area contributed by atoms with E-state index in [4.69, 9.17) is 4.74 Å². The number of hydrogen-bond acceptors (Lipinski definition) is 5. The van der Waals surface area contributed by atoms with E-state index in [1.54, 1.807) is 6.20 Å². The molecule has 0 radical (unpaired) electrons. The number of aromatic amines is 1. The summed E-state index contributed by atoms with van der Waals surface area (Å²) in [5, 5.41) is 15.1. The Hall–Kier alpha value is -2.19. The first kappa shape index (κ1) is 19.1. The largest absolute Gasteiger partial charge is 0.381 e. The van der Waals surface area contributed by atoms with Gasteiger partial charge in [-0.15, -0.1) is 0 Å². The molecule has 0 aliphatic carbocycles. The predicted molar refractivity (Wildman–Crippen MR) is 106 cm³/mol. The molecule has 2 fully saturated rings. The minimum atomic E-state index is -0.0460. The van der Waals surface area contributed by atoms with E-state index >= 15 is 0 Å². The Morgan fingerprint density at radius 3 is 2.86 bits per heavy atom. The first-order valence-electron chi connectivity index (χ1n) is 10.3. The third kappa shape index (κ3) is 4.28. The van der Waals surface area contributed by atoms with Crippen molar-refractivity contribution >= 4 is 11.7 Å². The lowest BCUT2D eigenvalue weighted by molar-refractivity contribution is -0.119. The number of piperidine rings is 1. The normalized spacial score (nSPS) is 21.5. The quantitative estimate of drug-likeness (QED) is 0.797. The average molecular weight is 387 g/mol. The molecule has 1 amide bonds. The van der Waals surface area contributed by atoms with Crippen molar-refractivity contribution in [3.63, 3.8) is 0 Å². The van der Waals surface area contributed by atoms with E-state index in [0.29, 0.717) is 25.2 Å². The standard InChI is InChI=1S/C20H30N6O2/c1-14(2)18-11-16(23-24-18)12-25-8-4-17(5-9-25)26-19(3-7-21-26)22-20(27)15-6-10-28-13-15/h3,7,11,14-15,17H,4-6,8-10,12-13H2,1-2H3,(H,22,27)(H,23,24)/t15-/m0/s1. The van der Waals surface area contributed by atoms with Gasteiger partial charge in [-0.05, 0) is 31.2 Å². The van der Waals surface area contributed by atoms with Gasteiger partial charge in [-0.1, -0.05) is 13.8 Å². The number of hydrogen-bond donors (Lipinski definition) is 2. The third-order valence-electron chi connectivity index (χ3n) is 5.76. The molecule has 2 aliphatic heterocycles. The highest BCUT2D eigenvalue weighted by molar-refractivity contribution is 5.92. The van der Waals surface area contributed by atoms with Crippen LogP contribution in [0.1, 0.15) is 56.5 Å². The van der Waals surface area contributed by atoms with Crippen LogP contribution in [0.25, 0.3) is 0 Å². The molecule has 0 unspecified atom stereocenters. The van der Waals surface area contributed by atoms with Crippen molar-refractivity contribution in [1.82, 2.24) is 24.9 Å². The Kier molecular flexibility index (Phi) is 5.77. The Labute approximate surface area is 165 Å². The molecule has 1 atom stereocenters. The van der Waals surface area contributed by atoms with Crippen molar-refractivity contribution in [1.29, 1.82) is 0 Å². The van der Waals surface area contributed by atoms with Crippen LogP contribution in [0.2, 0.25) is 0 Å². The smallest absolute Gasteiger partial charge is 0.231 e. The monoisotopic (exact) mass is 386 g/mol. The van der Waals surface area contributed by atoms with E-state index in [1.165, 1.54) is 5.69 Å². The maximum absolute atomic E-state index is 12.4. The number of nitrogens with one attached hydrogen (secondary N) is 2. The maximum Gasteiger partial charge on any atom is 0.231 e. The molecule has 2 aliphatic rings. The summed E-state index contributed by atoms with van der Waals surface area (Å²) in [5.41, 5.74) is 2.29. The summed E-state index contributed by atoms with van der Waals surface area (Å²) in [6.07, 6.45) is 4.60. The molecule has 0 spiro atoms. The molecule has 0 aromatic carbocycles. The molecule has 2 aromatic heterocycles. The number of rotatable bonds is 6. The van der Waals surface area contributed by atoms with Crippen LogP contribution in [0.5, 0.6) is 0 Å². The summed E-state index contributed by atoms with van der Waals surface area (Å²) in [4.78, 5) is 14.9. The Bertz CT molecular complexity index is 784. The average Bonchev–Trinajstić information content (AvgIpc) is 3.44. The van der Waals surface area contributed by atoms with Crippen molar-refractivity contribution in [3.8, 4) is 0 Å². The van der Waals surface area contributed by atoms with Gasteiger partial charge in [0, 0.05) is 38.0 Å². The maximum atomic E-state index is 12.4. The van der Waals surface area contributed by atoms with Gasteiger partial charge in [0.05, 0.1) is 30.5 Å². The van der Waals surface area contributed by atoms with E-state index in [2.05, 4.69) is 45.4 Å². The van der Waals surface area contributed by atoms with Gasteiger partial charge in [0.15, 0.2) is 0 Å². The fraction of sp³-hybridized carbons (Fsp3) is 0.650. The van der Waals surface area contributed by atoms with Crippen LogP contribution in [-0.4, -0.2) is 57.1 Å². The number of carbonyl (C=O) groups is 1. The van der Waals surface area contributed by atoms with Crippen LogP contribution in [0, 0.1) is 5.92 Å². The number of anilines is 1. The van der Waals surface area contributed by atoms with Crippen LogP contribution < -0.4 is 5.32 Å². The second-order valence-corrected chi connectivity index (χ2v) is 8.19. The molecule has 0 bridgehead atoms. The number of carbonyl (C=O) groups excluding carboxylic acids is 1. The second-order valence-electron chi connectivity index (χ2n) is 8.19. The molecule has 152 valence electrons. The summed E-state index contributed by atoms with van der Waals surface area (Å²) in [6.45, 7) is 8.41. The van der Waals surface area contributed by atoms with Gasteiger partial charge in [-0.25, -0.2) is 4.68 Å². The Morgan fingerprint density at radius 1 is 1.36 bits per heavy atom. The lowest BCUT2D eigenvalue weighted by atomic mass is 10.0. The molecule has 28 heavy (non-hydrogen) atoms. The van der Waals surface area contributed by atoms with Gasteiger partial charge < -0.3 is 10.1 Å². The highest BCUT2D eigenvalue weighted by Gasteiger charge is 2.27. The Balaban J connectivity index is 1.31. The van der Waals surface area contributed by atoms with Crippen LogP contribution in [0.3, 0.4) is 0 Å². The minimum Gasteiger partial charge on any atom is -0.381 e. The number of aromatic nitrogens is 4. The molecule has 2 aromatic rings. The second kappa shape index (κ2) is 8.45. The van der Waals surface area contributed by atoms with Crippen LogP contribution in [0.4, 0.5) is 5.82 Å². The molecule has 4 heterocycles. The van der Waals surface area contributed by atoms with Crippen molar-refractivity contribution in [2.45, 2.75) is 51.6 Å². The third-order valence-corrected chi connectivity index (χ3v) is 5.76. The van der Waals surface area contributed by atoms with Gasteiger partial charge in [0.2, 0.25) is 5.91 Å². The van der Waals surface area contributed by atoms with Gasteiger partial charge >= 0.3 is 0 Å². The highest BCUT2D eigenvalue weighted by Crippen LogP contribution is 2.27. The molecule has 0 saturated carbocycles. The fourth-order valence-electron chi connectivity index (χ4n) is 3.99.